The van der Waals surface area contributed by atoms with Gasteiger partial charge in [-0.05, 0) is 36.7 Å². The first-order valence-corrected chi connectivity index (χ1v) is 10.2. The van der Waals surface area contributed by atoms with Gasteiger partial charge >= 0.3 is 0 Å². The number of imide groups is 1. The van der Waals surface area contributed by atoms with Gasteiger partial charge in [0.25, 0.3) is 11.1 Å². The second kappa shape index (κ2) is 9.21. The Balaban J connectivity index is 1.50. The van der Waals surface area contributed by atoms with Gasteiger partial charge in [0.15, 0.2) is 0 Å². The van der Waals surface area contributed by atoms with Gasteiger partial charge in [-0.25, -0.2) is 4.39 Å². The van der Waals surface area contributed by atoms with Crippen molar-refractivity contribution in [1.29, 1.82) is 0 Å². The minimum Gasteiger partial charge on any atom is -0.354 e. The van der Waals surface area contributed by atoms with Gasteiger partial charge in [-0.2, -0.15) is 0 Å². The van der Waals surface area contributed by atoms with E-state index in [1.165, 1.54) is 25.1 Å². The number of likely N-dealkylation sites (tertiary alicyclic amines) is 1. The van der Waals surface area contributed by atoms with E-state index in [1.54, 1.807) is 17.0 Å². The Morgan fingerprint density at radius 2 is 1.93 bits per heavy atom. The largest absolute Gasteiger partial charge is 0.354 e. The lowest BCUT2D eigenvalue weighted by Gasteiger charge is -2.30. The molecule has 2 fully saturated rings. The lowest BCUT2D eigenvalue weighted by atomic mass is 9.96. The van der Waals surface area contributed by atoms with E-state index >= 15 is 0 Å². The molecule has 2 saturated heterocycles. The first-order chi connectivity index (χ1) is 13.9. The summed E-state index contributed by atoms with van der Waals surface area (Å²) in [5, 5.41) is 2.32. The Hall–Kier alpha value is -2.68. The maximum atomic E-state index is 13.8. The minimum absolute atomic E-state index is 0.00617. The highest BCUT2D eigenvalue weighted by Gasteiger charge is 2.35. The first-order valence-electron chi connectivity index (χ1n) is 9.40. The molecular weight excluding hydrogens is 397 g/mol. The van der Waals surface area contributed by atoms with Crippen LogP contribution in [0.1, 0.15) is 25.3 Å². The number of nitrogens with zero attached hydrogens (tertiary/aromatic N) is 2. The molecule has 1 aromatic carbocycles. The summed E-state index contributed by atoms with van der Waals surface area (Å²) >= 11 is 0.757. The Labute approximate surface area is 172 Å². The summed E-state index contributed by atoms with van der Waals surface area (Å²) < 4.78 is 13.8. The van der Waals surface area contributed by atoms with Crippen molar-refractivity contribution in [2.24, 2.45) is 5.92 Å². The number of piperidine rings is 1. The topological polar surface area (TPSA) is 86.8 Å². The maximum absolute atomic E-state index is 13.8. The van der Waals surface area contributed by atoms with E-state index in [0.717, 1.165) is 16.7 Å². The van der Waals surface area contributed by atoms with Crippen LogP contribution in [0.25, 0.3) is 6.08 Å². The fourth-order valence-corrected chi connectivity index (χ4v) is 4.17. The quantitative estimate of drug-likeness (QED) is 0.740. The highest BCUT2D eigenvalue weighted by atomic mass is 32.2. The van der Waals surface area contributed by atoms with Gasteiger partial charge in [0, 0.05) is 44.6 Å². The van der Waals surface area contributed by atoms with Crippen LogP contribution in [-0.2, 0) is 14.4 Å². The highest BCUT2D eigenvalue weighted by molar-refractivity contribution is 8.18. The van der Waals surface area contributed by atoms with Crippen molar-refractivity contribution in [3.8, 4) is 0 Å². The Bertz CT molecular complexity index is 865. The SMILES string of the molecule is CC(=O)N1CCC(C(=O)NCCN2C(=O)S/C(=C\c3ccccc3F)C2=O)CC1. The number of benzene rings is 1. The van der Waals surface area contributed by atoms with Gasteiger partial charge < -0.3 is 10.2 Å². The summed E-state index contributed by atoms with van der Waals surface area (Å²) in [6.07, 6.45) is 2.55. The van der Waals surface area contributed by atoms with E-state index in [-0.39, 0.29) is 41.3 Å². The van der Waals surface area contributed by atoms with Crippen molar-refractivity contribution < 1.29 is 23.6 Å². The molecule has 9 heteroatoms. The van der Waals surface area contributed by atoms with Crippen molar-refractivity contribution in [1.82, 2.24) is 15.1 Å². The van der Waals surface area contributed by atoms with E-state index in [0.29, 0.717) is 25.9 Å². The van der Waals surface area contributed by atoms with E-state index in [9.17, 15) is 23.6 Å². The van der Waals surface area contributed by atoms with Crippen LogP contribution < -0.4 is 5.32 Å². The fraction of sp³-hybridized carbons (Fsp3) is 0.400. The second-order valence-corrected chi connectivity index (χ2v) is 7.92. The summed E-state index contributed by atoms with van der Waals surface area (Å²) in [6.45, 7) is 2.82. The normalized spacial score (nSPS) is 19.2. The van der Waals surface area contributed by atoms with Crippen LogP contribution >= 0.6 is 11.8 Å². The smallest absolute Gasteiger partial charge is 0.293 e. The van der Waals surface area contributed by atoms with Crippen LogP contribution in [0.15, 0.2) is 29.2 Å². The van der Waals surface area contributed by atoms with E-state index in [4.69, 9.17) is 0 Å². The summed E-state index contributed by atoms with van der Waals surface area (Å²) in [5.74, 6) is -1.27. The first kappa shape index (κ1) is 21.0. The molecule has 0 saturated carbocycles. The van der Waals surface area contributed by atoms with Gasteiger partial charge in [0.05, 0.1) is 4.91 Å². The molecule has 29 heavy (non-hydrogen) atoms. The van der Waals surface area contributed by atoms with Gasteiger partial charge in [-0.1, -0.05) is 18.2 Å². The third-order valence-electron chi connectivity index (χ3n) is 5.01. The monoisotopic (exact) mass is 419 g/mol. The Morgan fingerprint density at radius 3 is 2.59 bits per heavy atom. The zero-order valence-corrected chi connectivity index (χ0v) is 16.8. The van der Waals surface area contributed by atoms with Gasteiger partial charge in [-0.3, -0.25) is 24.1 Å². The maximum Gasteiger partial charge on any atom is 0.293 e. The number of carbonyl (C=O) groups excluding carboxylic acids is 4. The number of thioether (sulfide) groups is 1. The molecule has 1 aromatic rings. The number of rotatable bonds is 5. The number of hydrogen-bond donors (Lipinski definition) is 1. The van der Waals surface area contributed by atoms with Crippen molar-refractivity contribution in [3.05, 3.63) is 40.6 Å². The minimum atomic E-state index is -0.493. The van der Waals surface area contributed by atoms with Crippen molar-refractivity contribution in [2.45, 2.75) is 19.8 Å². The summed E-state index contributed by atoms with van der Waals surface area (Å²) in [7, 11) is 0. The molecule has 0 unspecified atom stereocenters. The standard InChI is InChI=1S/C20H22FN3O4S/c1-13(25)23-9-6-14(7-10-23)18(26)22-8-11-24-19(27)17(29-20(24)28)12-15-4-2-3-5-16(15)21/h2-5,12,14H,6-11H2,1H3,(H,22,26)/b17-12-. The predicted octanol–water partition coefficient (Wildman–Crippen LogP) is 2.24. The highest BCUT2D eigenvalue weighted by Crippen LogP contribution is 2.32. The van der Waals surface area contributed by atoms with Crippen LogP contribution in [-0.4, -0.2) is 58.9 Å². The van der Waals surface area contributed by atoms with E-state index < -0.39 is 17.0 Å². The number of nitrogens with one attached hydrogen (secondary N) is 1. The summed E-state index contributed by atoms with van der Waals surface area (Å²) in [6, 6.07) is 6.01. The average molecular weight is 419 g/mol. The molecule has 2 heterocycles. The van der Waals surface area contributed by atoms with Crippen LogP contribution in [0.4, 0.5) is 9.18 Å². The predicted molar refractivity (Wildman–Crippen MR) is 107 cm³/mol. The molecule has 154 valence electrons. The van der Waals surface area contributed by atoms with Crippen LogP contribution in [0.3, 0.4) is 0 Å². The lowest BCUT2D eigenvalue weighted by Crippen LogP contribution is -2.44. The summed E-state index contributed by atoms with van der Waals surface area (Å²) in [4.78, 5) is 51.1. The summed E-state index contributed by atoms with van der Waals surface area (Å²) in [5.41, 5.74) is 0.239. The zero-order valence-electron chi connectivity index (χ0n) is 16.0. The van der Waals surface area contributed by atoms with Gasteiger partial charge in [-0.15, -0.1) is 0 Å². The van der Waals surface area contributed by atoms with Crippen LogP contribution in [0.2, 0.25) is 0 Å². The van der Waals surface area contributed by atoms with E-state index in [1.807, 2.05) is 0 Å². The van der Waals surface area contributed by atoms with Crippen molar-refractivity contribution >= 4 is 40.8 Å². The molecule has 0 aromatic heterocycles. The van der Waals surface area contributed by atoms with E-state index in [2.05, 4.69) is 5.32 Å². The molecule has 1 N–H and O–H groups in total. The fourth-order valence-electron chi connectivity index (χ4n) is 3.32. The number of carbonyl (C=O) groups is 4. The van der Waals surface area contributed by atoms with Gasteiger partial charge in [0.1, 0.15) is 5.82 Å². The molecule has 0 spiro atoms. The lowest BCUT2D eigenvalue weighted by molar-refractivity contribution is -0.133. The molecule has 3 rings (SSSR count). The average Bonchev–Trinajstić information content (AvgIpc) is 2.97. The number of amides is 4. The molecule has 4 amide bonds. The molecule has 0 radical (unpaired) electrons. The third kappa shape index (κ3) is 5.03. The molecule has 0 atom stereocenters. The van der Waals surface area contributed by atoms with Gasteiger partial charge in [0.2, 0.25) is 11.8 Å². The molecule has 2 aliphatic heterocycles. The number of hydrogen-bond acceptors (Lipinski definition) is 5. The van der Waals surface area contributed by atoms with Crippen LogP contribution in [0.5, 0.6) is 0 Å². The molecule has 7 nitrogen and oxygen atoms in total. The number of halogens is 1. The van der Waals surface area contributed by atoms with Crippen LogP contribution in [0, 0.1) is 11.7 Å². The molecule has 2 aliphatic rings. The van der Waals surface area contributed by atoms with Crippen molar-refractivity contribution in [2.75, 3.05) is 26.2 Å². The molecule has 0 bridgehead atoms. The third-order valence-corrected chi connectivity index (χ3v) is 5.92. The Morgan fingerprint density at radius 1 is 1.24 bits per heavy atom. The second-order valence-electron chi connectivity index (χ2n) is 6.93. The molecular formula is C20H22FN3O4S. The molecule has 0 aliphatic carbocycles. The zero-order chi connectivity index (χ0) is 21.0. The van der Waals surface area contributed by atoms with Crippen molar-refractivity contribution in [3.63, 3.8) is 0 Å². The Kier molecular flexibility index (Phi) is 6.68.